The molecule has 3 heteroatoms. The van der Waals surface area contributed by atoms with Gasteiger partial charge in [-0.2, -0.15) is 0 Å². The van der Waals surface area contributed by atoms with Gasteiger partial charge in [-0.25, -0.2) is 0 Å². The van der Waals surface area contributed by atoms with Crippen molar-refractivity contribution in [2.75, 3.05) is 13.2 Å². The highest BCUT2D eigenvalue weighted by Crippen LogP contribution is 2.38. The molecule has 1 aromatic carbocycles. The van der Waals surface area contributed by atoms with E-state index >= 15 is 0 Å². The summed E-state index contributed by atoms with van der Waals surface area (Å²) in [5.74, 6) is 0. The molecule has 0 saturated carbocycles. The van der Waals surface area contributed by atoms with Crippen LogP contribution in [0.25, 0.3) is 0 Å². The lowest BCUT2D eigenvalue weighted by molar-refractivity contribution is 0.0400. The summed E-state index contributed by atoms with van der Waals surface area (Å²) in [6.07, 6.45) is 6.54. The molecule has 1 unspecified atom stereocenters. The van der Waals surface area contributed by atoms with Gasteiger partial charge in [0.05, 0.1) is 0 Å². The van der Waals surface area contributed by atoms with E-state index in [-0.39, 0.29) is 11.5 Å². The summed E-state index contributed by atoms with van der Waals surface area (Å²) in [6, 6.07) is 14.8. The fraction of sp³-hybridized carbons (Fsp3) is 0.389. The molecule has 2 N–H and O–H groups in total. The average Bonchev–Trinajstić information content (AvgIpc) is 2.57. The normalized spacial score (nSPS) is 19.1. The molecule has 3 nitrogen and oxygen atoms in total. The molecule has 1 atom stereocenters. The summed E-state index contributed by atoms with van der Waals surface area (Å²) in [7, 11) is 0. The van der Waals surface area contributed by atoms with Crippen molar-refractivity contribution >= 4 is 0 Å². The quantitative estimate of drug-likeness (QED) is 0.938. The zero-order valence-corrected chi connectivity index (χ0v) is 12.2. The van der Waals surface area contributed by atoms with E-state index in [0.717, 1.165) is 32.5 Å². The van der Waals surface area contributed by atoms with E-state index in [4.69, 9.17) is 10.5 Å². The maximum Gasteiger partial charge on any atom is 0.0475 e. The minimum Gasteiger partial charge on any atom is -0.381 e. The lowest BCUT2D eigenvalue weighted by Crippen LogP contribution is -2.50. The van der Waals surface area contributed by atoms with Crippen molar-refractivity contribution in [3.8, 4) is 0 Å². The SMILES string of the molecule is NC(Cc1cccnc1)C1(c2ccccc2)CCOCC1. The smallest absolute Gasteiger partial charge is 0.0475 e. The molecule has 0 radical (unpaired) electrons. The number of benzene rings is 1. The van der Waals surface area contributed by atoms with Gasteiger partial charge in [-0.15, -0.1) is 0 Å². The first-order valence-corrected chi connectivity index (χ1v) is 7.59. The minimum atomic E-state index is 0.00928. The van der Waals surface area contributed by atoms with Crippen molar-refractivity contribution < 1.29 is 4.74 Å². The first-order valence-electron chi connectivity index (χ1n) is 7.59. The molecule has 110 valence electrons. The number of nitrogens with two attached hydrogens (primary N) is 1. The van der Waals surface area contributed by atoms with Crippen LogP contribution in [0.4, 0.5) is 0 Å². The third kappa shape index (κ3) is 2.99. The maximum absolute atomic E-state index is 6.66. The predicted molar refractivity (Wildman–Crippen MR) is 84.1 cm³/mol. The lowest BCUT2D eigenvalue weighted by atomic mass is 9.67. The number of aromatic nitrogens is 1. The highest BCUT2D eigenvalue weighted by molar-refractivity contribution is 5.29. The predicted octanol–water partition coefficient (Wildman–Crippen LogP) is 2.70. The van der Waals surface area contributed by atoms with Crippen LogP contribution in [0.3, 0.4) is 0 Å². The van der Waals surface area contributed by atoms with Crippen LogP contribution in [-0.2, 0) is 16.6 Å². The number of hydrogen-bond acceptors (Lipinski definition) is 3. The van der Waals surface area contributed by atoms with Gasteiger partial charge in [-0.05, 0) is 36.5 Å². The Kier molecular flexibility index (Phi) is 4.32. The Morgan fingerprint density at radius 3 is 2.52 bits per heavy atom. The molecule has 0 aliphatic carbocycles. The monoisotopic (exact) mass is 282 g/mol. The van der Waals surface area contributed by atoms with Crippen LogP contribution in [0.5, 0.6) is 0 Å². The van der Waals surface area contributed by atoms with Crippen LogP contribution in [0, 0.1) is 0 Å². The van der Waals surface area contributed by atoms with Gasteiger partial charge in [0.15, 0.2) is 0 Å². The highest BCUT2D eigenvalue weighted by atomic mass is 16.5. The van der Waals surface area contributed by atoms with Crippen LogP contribution in [0.2, 0.25) is 0 Å². The second-order valence-electron chi connectivity index (χ2n) is 5.81. The van der Waals surface area contributed by atoms with Gasteiger partial charge in [0, 0.05) is 37.1 Å². The summed E-state index contributed by atoms with van der Waals surface area (Å²) in [5.41, 5.74) is 9.21. The maximum atomic E-state index is 6.66. The number of nitrogens with zero attached hydrogens (tertiary/aromatic N) is 1. The average molecular weight is 282 g/mol. The van der Waals surface area contributed by atoms with Crippen molar-refractivity contribution in [3.05, 3.63) is 66.0 Å². The molecule has 1 aliphatic heterocycles. The van der Waals surface area contributed by atoms with E-state index < -0.39 is 0 Å². The number of pyridine rings is 1. The molecule has 21 heavy (non-hydrogen) atoms. The molecule has 1 aliphatic rings. The van der Waals surface area contributed by atoms with Crippen molar-refractivity contribution in [2.45, 2.75) is 30.7 Å². The summed E-state index contributed by atoms with van der Waals surface area (Å²) in [5, 5.41) is 0. The van der Waals surface area contributed by atoms with E-state index in [0.29, 0.717) is 0 Å². The minimum absolute atomic E-state index is 0.00928. The molecular weight excluding hydrogens is 260 g/mol. The molecule has 1 fully saturated rings. The second-order valence-corrected chi connectivity index (χ2v) is 5.81. The van der Waals surface area contributed by atoms with Crippen LogP contribution in [0.1, 0.15) is 24.0 Å². The van der Waals surface area contributed by atoms with Crippen molar-refractivity contribution in [1.82, 2.24) is 4.98 Å². The van der Waals surface area contributed by atoms with Gasteiger partial charge in [-0.3, -0.25) is 4.98 Å². The lowest BCUT2D eigenvalue weighted by Gasteiger charge is -2.42. The molecule has 1 saturated heterocycles. The molecule has 0 bridgehead atoms. The van der Waals surface area contributed by atoms with Crippen LogP contribution < -0.4 is 5.73 Å². The highest BCUT2D eigenvalue weighted by Gasteiger charge is 2.39. The number of ether oxygens (including phenoxy) is 1. The molecular formula is C18H22N2O. The van der Waals surface area contributed by atoms with Crippen LogP contribution in [-0.4, -0.2) is 24.2 Å². The Morgan fingerprint density at radius 2 is 1.86 bits per heavy atom. The molecule has 0 spiro atoms. The fourth-order valence-electron chi connectivity index (χ4n) is 3.35. The Bertz CT molecular complexity index is 550. The van der Waals surface area contributed by atoms with E-state index in [9.17, 15) is 0 Å². The zero-order chi connectivity index (χ0) is 14.5. The second kappa shape index (κ2) is 6.37. The van der Waals surface area contributed by atoms with Gasteiger partial charge >= 0.3 is 0 Å². The first kappa shape index (κ1) is 14.2. The Morgan fingerprint density at radius 1 is 1.10 bits per heavy atom. The van der Waals surface area contributed by atoms with Crippen molar-refractivity contribution in [1.29, 1.82) is 0 Å². The molecule has 0 amide bonds. The summed E-state index contributed by atoms with van der Waals surface area (Å²) < 4.78 is 5.58. The first-order chi connectivity index (χ1) is 10.3. The van der Waals surface area contributed by atoms with E-state index in [2.05, 4.69) is 41.4 Å². The van der Waals surface area contributed by atoms with Gasteiger partial charge in [0.1, 0.15) is 0 Å². The van der Waals surface area contributed by atoms with Gasteiger partial charge in [0.2, 0.25) is 0 Å². The third-order valence-corrected chi connectivity index (χ3v) is 4.62. The largest absolute Gasteiger partial charge is 0.381 e. The third-order valence-electron chi connectivity index (χ3n) is 4.62. The molecule has 2 aromatic rings. The van der Waals surface area contributed by atoms with Crippen LogP contribution >= 0.6 is 0 Å². The van der Waals surface area contributed by atoms with Gasteiger partial charge < -0.3 is 10.5 Å². The summed E-state index contributed by atoms with van der Waals surface area (Å²) >= 11 is 0. The fourth-order valence-corrected chi connectivity index (χ4v) is 3.35. The zero-order valence-electron chi connectivity index (χ0n) is 12.2. The van der Waals surface area contributed by atoms with E-state index in [1.807, 2.05) is 12.3 Å². The van der Waals surface area contributed by atoms with E-state index in [1.165, 1.54) is 11.1 Å². The number of rotatable bonds is 4. The summed E-state index contributed by atoms with van der Waals surface area (Å²) in [4.78, 5) is 4.20. The summed E-state index contributed by atoms with van der Waals surface area (Å²) in [6.45, 7) is 1.57. The van der Waals surface area contributed by atoms with E-state index in [1.54, 1.807) is 6.20 Å². The Balaban J connectivity index is 1.88. The molecule has 2 heterocycles. The van der Waals surface area contributed by atoms with Crippen LogP contribution in [0.15, 0.2) is 54.9 Å². The van der Waals surface area contributed by atoms with Crippen molar-refractivity contribution in [2.24, 2.45) is 5.73 Å². The Hall–Kier alpha value is -1.71. The number of hydrogen-bond donors (Lipinski definition) is 1. The molecule has 1 aromatic heterocycles. The van der Waals surface area contributed by atoms with Gasteiger partial charge in [0.25, 0.3) is 0 Å². The standard InChI is InChI=1S/C18H22N2O/c19-17(13-15-5-4-10-20-14-15)18(8-11-21-12-9-18)16-6-2-1-3-7-16/h1-7,10,14,17H,8-9,11-13,19H2. The topological polar surface area (TPSA) is 48.1 Å². The van der Waals surface area contributed by atoms with Gasteiger partial charge in [-0.1, -0.05) is 36.4 Å². The Labute approximate surface area is 126 Å². The molecule has 3 rings (SSSR count). The van der Waals surface area contributed by atoms with Crippen molar-refractivity contribution in [3.63, 3.8) is 0 Å².